The lowest BCUT2D eigenvalue weighted by atomic mass is 10.1. The number of pyridine rings is 2. The molecule has 3 heterocycles. The lowest BCUT2D eigenvalue weighted by Gasteiger charge is -2.28. The predicted molar refractivity (Wildman–Crippen MR) is 102 cm³/mol. The highest BCUT2D eigenvalue weighted by atomic mass is 35.5. The average molecular weight is 367 g/mol. The maximum Gasteiger partial charge on any atom is 0.247 e. The van der Waals surface area contributed by atoms with Gasteiger partial charge in [0.2, 0.25) is 5.91 Å². The van der Waals surface area contributed by atoms with Crippen LogP contribution >= 0.6 is 11.6 Å². The van der Waals surface area contributed by atoms with Gasteiger partial charge in [0.25, 0.3) is 0 Å². The summed E-state index contributed by atoms with van der Waals surface area (Å²) in [6.07, 6.45) is 9.04. The number of fused-ring (bicyclic) bond motifs is 1. The molecule has 1 unspecified atom stereocenters. The Hall–Kier alpha value is -2.66. The molecule has 3 aromatic rings. The number of hydrogen-bond acceptors (Lipinski definition) is 3. The molecule has 26 heavy (non-hydrogen) atoms. The Morgan fingerprint density at radius 1 is 1.31 bits per heavy atom. The number of rotatable bonds is 5. The molecule has 0 bridgehead atoms. The maximum atomic E-state index is 12.9. The van der Waals surface area contributed by atoms with Crippen LogP contribution in [0.3, 0.4) is 0 Å². The molecule has 1 aliphatic carbocycles. The van der Waals surface area contributed by atoms with E-state index in [-0.39, 0.29) is 18.0 Å². The molecule has 1 fully saturated rings. The first kappa shape index (κ1) is 16.8. The van der Waals surface area contributed by atoms with Crippen molar-refractivity contribution in [3.63, 3.8) is 0 Å². The van der Waals surface area contributed by atoms with Gasteiger partial charge in [-0.2, -0.15) is 0 Å². The Bertz CT molecular complexity index is 962. The molecule has 0 radical (unpaired) electrons. The minimum atomic E-state index is -0.0708. The molecule has 3 aromatic heterocycles. The zero-order chi connectivity index (χ0) is 18.1. The van der Waals surface area contributed by atoms with Crippen LogP contribution in [0, 0.1) is 0 Å². The Morgan fingerprint density at radius 3 is 2.85 bits per heavy atom. The van der Waals surface area contributed by atoms with Crippen molar-refractivity contribution in [2.45, 2.75) is 31.8 Å². The normalized spacial score (nSPS) is 15.5. The van der Waals surface area contributed by atoms with Crippen LogP contribution in [0.5, 0.6) is 0 Å². The van der Waals surface area contributed by atoms with E-state index in [0.29, 0.717) is 10.8 Å². The summed E-state index contributed by atoms with van der Waals surface area (Å²) in [7, 11) is 0. The summed E-state index contributed by atoms with van der Waals surface area (Å²) in [4.78, 5) is 23.5. The minimum absolute atomic E-state index is 0.0346. The van der Waals surface area contributed by atoms with Crippen molar-refractivity contribution in [2.24, 2.45) is 0 Å². The van der Waals surface area contributed by atoms with Crippen LogP contribution in [0.2, 0.25) is 5.15 Å². The quantitative estimate of drug-likeness (QED) is 0.637. The van der Waals surface area contributed by atoms with Crippen molar-refractivity contribution in [2.75, 3.05) is 0 Å². The first-order chi connectivity index (χ1) is 12.6. The number of imidazole rings is 1. The largest absolute Gasteiger partial charge is 0.328 e. The summed E-state index contributed by atoms with van der Waals surface area (Å²) in [5, 5.41) is 0.385. The highest BCUT2D eigenvalue weighted by molar-refractivity contribution is 6.31. The van der Waals surface area contributed by atoms with E-state index in [9.17, 15) is 4.79 Å². The first-order valence-corrected chi connectivity index (χ1v) is 9.07. The third-order valence-electron chi connectivity index (χ3n) is 4.63. The number of amides is 1. The minimum Gasteiger partial charge on any atom is -0.328 e. The van der Waals surface area contributed by atoms with E-state index in [1.165, 1.54) is 0 Å². The number of halogens is 1. The van der Waals surface area contributed by atoms with Crippen LogP contribution in [0.4, 0.5) is 0 Å². The van der Waals surface area contributed by atoms with Gasteiger partial charge in [-0.3, -0.25) is 14.2 Å². The molecule has 1 aliphatic rings. The van der Waals surface area contributed by atoms with Gasteiger partial charge in [0.15, 0.2) is 5.15 Å². The summed E-state index contributed by atoms with van der Waals surface area (Å²) < 4.78 is 1.87. The number of carbonyl (C=O) groups excluding carboxylic acids is 1. The third kappa shape index (κ3) is 3.22. The van der Waals surface area contributed by atoms with Crippen molar-refractivity contribution in [3.05, 3.63) is 71.4 Å². The topological polar surface area (TPSA) is 50.5 Å². The highest BCUT2D eigenvalue weighted by Gasteiger charge is 2.35. The number of aromatic nitrogens is 3. The van der Waals surface area contributed by atoms with E-state index in [2.05, 4.69) is 9.97 Å². The smallest absolute Gasteiger partial charge is 0.247 e. The second-order valence-electron chi connectivity index (χ2n) is 6.46. The van der Waals surface area contributed by atoms with E-state index in [4.69, 9.17) is 11.6 Å². The molecule has 0 saturated heterocycles. The van der Waals surface area contributed by atoms with E-state index >= 15 is 0 Å². The van der Waals surface area contributed by atoms with Gasteiger partial charge in [-0.25, -0.2) is 4.98 Å². The van der Waals surface area contributed by atoms with Crippen molar-refractivity contribution >= 4 is 29.2 Å². The van der Waals surface area contributed by atoms with Gasteiger partial charge in [-0.15, -0.1) is 0 Å². The van der Waals surface area contributed by atoms with Crippen molar-refractivity contribution in [1.29, 1.82) is 0 Å². The van der Waals surface area contributed by atoms with Crippen LogP contribution in [-0.4, -0.2) is 31.2 Å². The predicted octanol–water partition coefficient (Wildman–Crippen LogP) is 4.15. The fourth-order valence-electron chi connectivity index (χ4n) is 3.18. The molecule has 0 aliphatic heterocycles. The molecular formula is C20H19ClN4O. The average Bonchev–Trinajstić information content (AvgIpc) is 3.43. The maximum absolute atomic E-state index is 12.9. The molecular weight excluding hydrogens is 348 g/mol. The SMILES string of the molecule is CC(c1ccccn1)N(C(=O)/C=C/c1c(Cl)nc2ccccn12)C1CC1. The Balaban J connectivity index is 1.61. The van der Waals surface area contributed by atoms with Gasteiger partial charge in [0, 0.05) is 24.5 Å². The summed E-state index contributed by atoms with van der Waals surface area (Å²) in [5.74, 6) is -0.0346. The molecule has 0 N–H and O–H groups in total. The summed E-state index contributed by atoms with van der Waals surface area (Å²) >= 11 is 6.25. The molecule has 132 valence electrons. The molecule has 1 saturated carbocycles. The van der Waals surface area contributed by atoms with Crippen LogP contribution < -0.4 is 0 Å². The third-order valence-corrected chi connectivity index (χ3v) is 4.91. The van der Waals surface area contributed by atoms with Gasteiger partial charge in [0.1, 0.15) is 5.65 Å². The summed E-state index contributed by atoms with van der Waals surface area (Å²) in [5.41, 5.74) is 2.36. The summed E-state index contributed by atoms with van der Waals surface area (Å²) in [6.45, 7) is 2.02. The molecule has 4 rings (SSSR count). The lowest BCUT2D eigenvalue weighted by molar-refractivity contribution is -0.128. The van der Waals surface area contributed by atoms with Gasteiger partial charge in [0.05, 0.1) is 17.4 Å². The second kappa shape index (κ2) is 6.92. The zero-order valence-corrected chi connectivity index (χ0v) is 15.2. The zero-order valence-electron chi connectivity index (χ0n) is 14.4. The van der Waals surface area contributed by atoms with Crippen molar-refractivity contribution < 1.29 is 4.79 Å². The van der Waals surface area contributed by atoms with E-state index in [1.807, 2.05) is 58.8 Å². The second-order valence-corrected chi connectivity index (χ2v) is 6.82. The summed E-state index contributed by atoms with van der Waals surface area (Å²) in [6, 6.07) is 11.7. The Labute approximate surface area is 156 Å². The molecule has 1 amide bonds. The number of hydrogen-bond donors (Lipinski definition) is 0. The van der Waals surface area contributed by atoms with Crippen molar-refractivity contribution in [3.8, 4) is 0 Å². The lowest BCUT2D eigenvalue weighted by Crippen LogP contribution is -2.34. The standard InChI is InChI=1S/C20H19ClN4O/c1-14(16-6-2-4-12-22-16)25(15-8-9-15)19(26)11-10-17-20(21)23-18-7-3-5-13-24(17)18/h2-7,10-15H,8-9H2,1H3/b11-10+. The van der Waals surface area contributed by atoms with Gasteiger partial charge < -0.3 is 4.90 Å². The van der Waals surface area contributed by atoms with Gasteiger partial charge in [-0.1, -0.05) is 23.7 Å². The molecule has 1 atom stereocenters. The Morgan fingerprint density at radius 2 is 2.12 bits per heavy atom. The van der Waals surface area contributed by atoms with Gasteiger partial charge in [-0.05, 0) is 50.1 Å². The monoisotopic (exact) mass is 366 g/mol. The van der Waals surface area contributed by atoms with Crippen LogP contribution in [0.15, 0.2) is 54.9 Å². The molecule has 0 spiro atoms. The molecule has 6 heteroatoms. The first-order valence-electron chi connectivity index (χ1n) is 8.69. The van der Waals surface area contributed by atoms with Crippen LogP contribution in [0.25, 0.3) is 11.7 Å². The Kier molecular flexibility index (Phi) is 4.47. The molecule has 0 aromatic carbocycles. The van der Waals surface area contributed by atoms with E-state index < -0.39 is 0 Å². The van der Waals surface area contributed by atoms with E-state index in [1.54, 1.807) is 18.3 Å². The van der Waals surface area contributed by atoms with Crippen LogP contribution in [0.1, 0.15) is 37.2 Å². The number of carbonyl (C=O) groups is 1. The fraction of sp³-hybridized carbons (Fsp3) is 0.250. The number of nitrogens with zero attached hydrogens (tertiary/aromatic N) is 4. The van der Waals surface area contributed by atoms with Gasteiger partial charge >= 0.3 is 0 Å². The van der Waals surface area contributed by atoms with Crippen LogP contribution in [-0.2, 0) is 4.79 Å². The van der Waals surface area contributed by atoms with E-state index in [0.717, 1.165) is 24.2 Å². The molecule has 5 nitrogen and oxygen atoms in total. The fourth-order valence-corrected chi connectivity index (χ4v) is 3.42. The van der Waals surface area contributed by atoms with Crippen molar-refractivity contribution in [1.82, 2.24) is 19.3 Å². The highest BCUT2D eigenvalue weighted by Crippen LogP contribution is 2.34.